The molecule has 2 aliphatic heterocycles. The van der Waals surface area contributed by atoms with Gasteiger partial charge in [-0.3, -0.25) is 14.7 Å². The van der Waals surface area contributed by atoms with Crippen molar-refractivity contribution in [3.8, 4) is 6.07 Å². The Morgan fingerprint density at radius 2 is 2.24 bits per heavy atom. The summed E-state index contributed by atoms with van der Waals surface area (Å²) in [5.74, 6) is -0.572. The number of hydrogen-bond acceptors (Lipinski definition) is 5. The van der Waals surface area contributed by atoms with Crippen molar-refractivity contribution < 1.29 is 13.6 Å². The van der Waals surface area contributed by atoms with Crippen LogP contribution in [0.15, 0.2) is 30.5 Å². The Bertz CT molecular complexity index is 962. The first-order chi connectivity index (χ1) is 14.0. The van der Waals surface area contributed by atoms with Gasteiger partial charge in [-0.05, 0) is 24.6 Å². The number of amides is 1. The number of likely N-dealkylation sites (tertiary alicyclic amines) is 2. The summed E-state index contributed by atoms with van der Waals surface area (Å²) in [5, 5.41) is 9.91. The number of carbonyl (C=O) groups is 1. The molecule has 0 N–H and O–H groups in total. The molecule has 0 unspecified atom stereocenters. The molecule has 0 saturated carbocycles. The molecule has 29 heavy (non-hydrogen) atoms. The smallest absolute Gasteiger partial charge is 0.237 e. The zero-order valence-electron chi connectivity index (χ0n) is 16.3. The van der Waals surface area contributed by atoms with Crippen LogP contribution in [0.5, 0.6) is 0 Å². The van der Waals surface area contributed by atoms with Crippen molar-refractivity contribution in [3.63, 3.8) is 0 Å². The Kier molecular flexibility index (Phi) is 5.33. The molecule has 152 valence electrons. The largest absolute Gasteiger partial charge is 0.370 e. The molecule has 1 aromatic carbocycles. The maximum absolute atomic E-state index is 13.7. The van der Waals surface area contributed by atoms with Crippen molar-refractivity contribution in [2.45, 2.75) is 31.1 Å². The van der Waals surface area contributed by atoms with Gasteiger partial charge >= 0.3 is 0 Å². The van der Waals surface area contributed by atoms with Crippen LogP contribution in [0.4, 0.5) is 14.5 Å². The molecule has 2 aromatic rings. The molecule has 8 heteroatoms. The maximum atomic E-state index is 13.7. The van der Waals surface area contributed by atoms with Gasteiger partial charge in [0.25, 0.3) is 0 Å². The van der Waals surface area contributed by atoms with E-state index in [1.807, 2.05) is 36.2 Å². The van der Waals surface area contributed by atoms with E-state index in [9.17, 15) is 13.6 Å². The van der Waals surface area contributed by atoms with Gasteiger partial charge in [0.05, 0.1) is 30.9 Å². The van der Waals surface area contributed by atoms with Crippen LogP contribution < -0.4 is 4.90 Å². The third kappa shape index (κ3) is 3.87. The molecule has 0 radical (unpaired) electrons. The number of fused-ring (bicyclic) bond motifs is 1. The lowest BCUT2D eigenvalue weighted by Gasteiger charge is -2.28. The Labute approximate surface area is 168 Å². The number of likely N-dealkylation sites (N-methyl/N-ethyl adjacent to an activating group) is 1. The topological polar surface area (TPSA) is 63.5 Å². The summed E-state index contributed by atoms with van der Waals surface area (Å²) in [7, 11) is 1.97. The van der Waals surface area contributed by atoms with Crippen LogP contribution in [-0.2, 0) is 4.79 Å². The van der Waals surface area contributed by atoms with Gasteiger partial charge < -0.3 is 9.80 Å². The minimum atomic E-state index is -1.12. The van der Waals surface area contributed by atoms with Crippen molar-refractivity contribution in [1.29, 1.82) is 5.26 Å². The predicted molar refractivity (Wildman–Crippen MR) is 106 cm³/mol. The number of rotatable bonds is 4. The van der Waals surface area contributed by atoms with E-state index in [0.717, 1.165) is 29.6 Å². The molecule has 0 spiro atoms. The Balaban J connectivity index is 1.43. The van der Waals surface area contributed by atoms with Gasteiger partial charge in [-0.1, -0.05) is 6.07 Å². The summed E-state index contributed by atoms with van der Waals surface area (Å²) >= 11 is 0. The third-order valence-corrected chi connectivity index (χ3v) is 5.92. The molecule has 6 nitrogen and oxygen atoms in total. The van der Waals surface area contributed by atoms with Crippen molar-refractivity contribution >= 4 is 22.5 Å². The van der Waals surface area contributed by atoms with E-state index in [0.29, 0.717) is 6.54 Å². The highest BCUT2D eigenvalue weighted by Crippen LogP contribution is 2.29. The van der Waals surface area contributed by atoms with Gasteiger partial charge in [0.15, 0.2) is 0 Å². The SMILES string of the molecule is CN(c1cccc2ncc(F)cc12)[C@H]1CCN(CC(=O)N2C[C@@H](F)C[C@H]2C#N)C1. The van der Waals surface area contributed by atoms with Gasteiger partial charge in [0.2, 0.25) is 5.91 Å². The molecular weight excluding hydrogens is 376 g/mol. The number of alkyl halides is 1. The number of anilines is 1. The molecule has 3 atom stereocenters. The second-order valence-electron chi connectivity index (χ2n) is 7.81. The van der Waals surface area contributed by atoms with Gasteiger partial charge in [-0.25, -0.2) is 8.78 Å². The zero-order valence-corrected chi connectivity index (χ0v) is 16.3. The number of aromatic nitrogens is 1. The van der Waals surface area contributed by atoms with E-state index < -0.39 is 12.2 Å². The molecule has 1 amide bonds. The highest BCUT2D eigenvalue weighted by atomic mass is 19.1. The van der Waals surface area contributed by atoms with Crippen LogP contribution in [0, 0.1) is 17.1 Å². The van der Waals surface area contributed by atoms with Crippen LogP contribution >= 0.6 is 0 Å². The van der Waals surface area contributed by atoms with Crippen LogP contribution in [0.3, 0.4) is 0 Å². The van der Waals surface area contributed by atoms with Crippen LogP contribution in [0.1, 0.15) is 12.8 Å². The van der Waals surface area contributed by atoms with Gasteiger partial charge in [0, 0.05) is 43.7 Å². The standard InChI is InChI=1S/C21H23F2N5O/c1-26(20-4-2-3-19-18(20)8-14(22)10-25-19)16-5-6-27(12-16)13-21(29)28-11-15(23)7-17(28)9-24/h2-4,8,10,15-17H,5-7,11-13H2,1H3/t15-,16-,17-/m0/s1. The summed E-state index contributed by atoms with van der Waals surface area (Å²) in [4.78, 5) is 22.2. The number of nitrogens with zero attached hydrogens (tertiary/aromatic N) is 5. The maximum Gasteiger partial charge on any atom is 0.237 e. The molecule has 2 fully saturated rings. The van der Waals surface area contributed by atoms with Crippen molar-refractivity contribution in [2.75, 3.05) is 38.1 Å². The van der Waals surface area contributed by atoms with E-state index in [1.165, 1.54) is 17.2 Å². The summed E-state index contributed by atoms with van der Waals surface area (Å²) in [6, 6.07) is 8.71. The lowest BCUT2D eigenvalue weighted by atomic mass is 10.1. The number of carbonyl (C=O) groups excluding carboxylic acids is 1. The quantitative estimate of drug-likeness (QED) is 0.790. The fourth-order valence-electron chi connectivity index (χ4n) is 4.35. The van der Waals surface area contributed by atoms with E-state index in [4.69, 9.17) is 5.26 Å². The molecule has 0 aliphatic carbocycles. The number of benzene rings is 1. The highest BCUT2D eigenvalue weighted by molar-refractivity contribution is 5.91. The monoisotopic (exact) mass is 399 g/mol. The Morgan fingerprint density at radius 3 is 3.03 bits per heavy atom. The number of hydrogen-bond donors (Lipinski definition) is 0. The molecule has 1 aromatic heterocycles. The number of pyridine rings is 1. The third-order valence-electron chi connectivity index (χ3n) is 5.92. The summed E-state index contributed by atoms with van der Waals surface area (Å²) in [6.07, 6.45) is 1.04. The zero-order chi connectivity index (χ0) is 20.5. The Morgan fingerprint density at radius 1 is 1.41 bits per heavy atom. The normalized spacial score (nSPS) is 24.8. The number of halogens is 2. The first-order valence-corrected chi connectivity index (χ1v) is 9.79. The van der Waals surface area contributed by atoms with Crippen LogP contribution in [0.2, 0.25) is 0 Å². The van der Waals surface area contributed by atoms with E-state index in [2.05, 4.69) is 9.88 Å². The Hall–Kier alpha value is -2.79. The molecule has 4 rings (SSSR count). The first kappa shape index (κ1) is 19.5. The molecule has 2 saturated heterocycles. The minimum absolute atomic E-state index is 0.00278. The predicted octanol–water partition coefficient (Wildman–Crippen LogP) is 2.35. The number of nitriles is 1. The van der Waals surface area contributed by atoms with E-state index in [-0.39, 0.29) is 37.3 Å². The fourth-order valence-corrected chi connectivity index (χ4v) is 4.35. The molecule has 2 aliphatic rings. The highest BCUT2D eigenvalue weighted by Gasteiger charge is 2.37. The van der Waals surface area contributed by atoms with Crippen LogP contribution in [0.25, 0.3) is 10.9 Å². The lowest BCUT2D eigenvalue weighted by Crippen LogP contribution is -2.43. The average molecular weight is 399 g/mol. The van der Waals surface area contributed by atoms with Crippen molar-refractivity contribution in [1.82, 2.24) is 14.8 Å². The van der Waals surface area contributed by atoms with Gasteiger partial charge in [-0.2, -0.15) is 5.26 Å². The average Bonchev–Trinajstić information content (AvgIpc) is 3.33. The molecule has 0 bridgehead atoms. The first-order valence-electron chi connectivity index (χ1n) is 9.79. The minimum Gasteiger partial charge on any atom is -0.370 e. The van der Waals surface area contributed by atoms with Crippen molar-refractivity contribution in [3.05, 3.63) is 36.3 Å². The molecule has 3 heterocycles. The lowest BCUT2D eigenvalue weighted by molar-refractivity contribution is -0.132. The van der Waals surface area contributed by atoms with E-state index >= 15 is 0 Å². The fraction of sp³-hybridized carbons (Fsp3) is 0.476. The summed E-state index contributed by atoms with van der Waals surface area (Å²) < 4.78 is 27.3. The molecular formula is C21H23F2N5O. The van der Waals surface area contributed by atoms with Gasteiger partial charge in [0.1, 0.15) is 18.0 Å². The second kappa shape index (κ2) is 7.91. The second-order valence-corrected chi connectivity index (χ2v) is 7.81. The summed E-state index contributed by atoms with van der Waals surface area (Å²) in [6.45, 7) is 1.59. The summed E-state index contributed by atoms with van der Waals surface area (Å²) in [5.41, 5.74) is 1.63. The van der Waals surface area contributed by atoms with Crippen molar-refractivity contribution in [2.24, 2.45) is 0 Å². The van der Waals surface area contributed by atoms with E-state index in [1.54, 1.807) is 0 Å². The van der Waals surface area contributed by atoms with Crippen LogP contribution in [-0.4, -0.2) is 72.2 Å². The van der Waals surface area contributed by atoms with Gasteiger partial charge in [-0.15, -0.1) is 0 Å².